The van der Waals surface area contributed by atoms with Gasteiger partial charge in [-0.15, -0.1) is 13.2 Å². The normalized spacial score (nSPS) is 11.4. The molecule has 0 aromatic heterocycles. The van der Waals surface area contributed by atoms with E-state index in [4.69, 9.17) is 4.74 Å². The van der Waals surface area contributed by atoms with Crippen LogP contribution in [0.5, 0.6) is 11.5 Å². The highest BCUT2D eigenvalue weighted by Gasteiger charge is 2.31. The Bertz CT molecular complexity index is 366. The molecule has 0 bridgehead atoms. The molecule has 0 unspecified atom stereocenters. The molecule has 17 heavy (non-hydrogen) atoms. The smallest absolute Gasteiger partial charge is 0.492 e. The number of unbranched alkanes of at least 4 members (excludes halogenated alkanes) is 1. The molecular formula is C11H12F3IO2. The average Bonchev–Trinajstić information content (AvgIpc) is 2.19. The highest BCUT2D eigenvalue weighted by atomic mass is 127. The van der Waals surface area contributed by atoms with E-state index in [-0.39, 0.29) is 5.75 Å². The van der Waals surface area contributed by atoms with Crippen LogP contribution >= 0.6 is 22.6 Å². The summed E-state index contributed by atoms with van der Waals surface area (Å²) in [5.74, 6) is 0.346. The molecule has 1 aromatic carbocycles. The Morgan fingerprint density at radius 2 is 2.00 bits per heavy atom. The maximum absolute atomic E-state index is 12.0. The lowest BCUT2D eigenvalue weighted by molar-refractivity contribution is -0.274. The van der Waals surface area contributed by atoms with Gasteiger partial charge in [-0.05, 0) is 47.2 Å². The number of hydrogen-bond donors (Lipinski definition) is 0. The van der Waals surface area contributed by atoms with Crippen molar-refractivity contribution in [3.63, 3.8) is 0 Å². The van der Waals surface area contributed by atoms with Gasteiger partial charge in [0.15, 0.2) is 0 Å². The van der Waals surface area contributed by atoms with Crippen LogP contribution in [-0.4, -0.2) is 13.0 Å². The summed E-state index contributed by atoms with van der Waals surface area (Å²) >= 11 is 1.92. The predicted molar refractivity (Wildman–Crippen MR) is 66.2 cm³/mol. The monoisotopic (exact) mass is 360 g/mol. The van der Waals surface area contributed by atoms with Gasteiger partial charge in [-0.3, -0.25) is 0 Å². The second kappa shape index (κ2) is 6.32. The van der Waals surface area contributed by atoms with Crippen LogP contribution in [0.1, 0.15) is 19.8 Å². The Kier molecular flexibility index (Phi) is 5.35. The number of hydrogen-bond acceptors (Lipinski definition) is 2. The molecule has 2 nitrogen and oxygen atoms in total. The molecule has 0 aliphatic rings. The second-order valence-electron chi connectivity index (χ2n) is 3.34. The van der Waals surface area contributed by atoms with Gasteiger partial charge in [0.25, 0.3) is 0 Å². The Morgan fingerprint density at radius 3 is 2.53 bits per heavy atom. The van der Waals surface area contributed by atoms with Gasteiger partial charge in [-0.2, -0.15) is 0 Å². The van der Waals surface area contributed by atoms with Gasteiger partial charge in [0, 0.05) is 0 Å². The standard InChI is InChI=1S/C11H12F3IO2/c1-2-3-6-16-10-5-4-8(7-9(10)15)17-11(12,13)14/h4-5,7H,2-3,6H2,1H3. The third-order valence-electron chi connectivity index (χ3n) is 1.89. The zero-order chi connectivity index (χ0) is 12.9. The molecule has 0 fully saturated rings. The minimum atomic E-state index is -4.66. The van der Waals surface area contributed by atoms with E-state index >= 15 is 0 Å². The summed E-state index contributed by atoms with van der Waals surface area (Å²) in [4.78, 5) is 0. The lowest BCUT2D eigenvalue weighted by atomic mass is 10.3. The molecule has 0 amide bonds. The first-order valence-corrected chi connectivity index (χ1v) is 6.18. The van der Waals surface area contributed by atoms with Gasteiger partial charge in [0.05, 0.1) is 10.2 Å². The fourth-order valence-corrected chi connectivity index (χ4v) is 1.76. The number of rotatable bonds is 5. The van der Waals surface area contributed by atoms with Crippen LogP contribution < -0.4 is 9.47 Å². The molecule has 0 spiro atoms. The molecule has 1 rings (SSSR count). The fraction of sp³-hybridized carbons (Fsp3) is 0.455. The minimum absolute atomic E-state index is 0.232. The van der Waals surface area contributed by atoms with Crippen molar-refractivity contribution >= 4 is 22.6 Å². The Balaban J connectivity index is 2.66. The van der Waals surface area contributed by atoms with E-state index < -0.39 is 6.36 Å². The molecule has 1 aromatic rings. The summed E-state index contributed by atoms with van der Waals surface area (Å²) in [5, 5.41) is 0. The quantitative estimate of drug-likeness (QED) is 0.574. The number of benzene rings is 1. The Hall–Kier alpha value is -0.660. The molecule has 0 atom stereocenters. The van der Waals surface area contributed by atoms with Gasteiger partial charge in [-0.25, -0.2) is 0 Å². The highest BCUT2D eigenvalue weighted by molar-refractivity contribution is 14.1. The molecule has 0 saturated heterocycles. The first-order chi connectivity index (χ1) is 7.92. The van der Waals surface area contributed by atoms with Crippen LogP contribution in [0.15, 0.2) is 18.2 Å². The summed E-state index contributed by atoms with van der Waals surface area (Å²) < 4.78 is 45.7. The van der Waals surface area contributed by atoms with Crippen molar-refractivity contribution in [3.8, 4) is 11.5 Å². The zero-order valence-corrected chi connectivity index (χ0v) is 11.3. The topological polar surface area (TPSA) is 18.5 Å². The highest BCUT2D eigenvalue weighted by Crippen LogP contribution is 2.29. The van der Waals surface area contributed by atoms with Crippen molar-refractivity contribution in [3.05, 3.63) is 21.8 Å². The number of halogens is 4. The molecule has 6 heteroatoms. The van der Waals surface area contributed by atoms with E-state index in [1.54, 1.807) is 0 Å². The molecular weight excluding hydrogens is 348 g/mol. The van der Waals surface area contributed by atoms with Crippen molar-refractivity contribution in [1.82, 2.24) is 0 Å². The van der Waals surface area contributed by atoms with Gasteiger partial charge in [-0.1, -0.05) is 13.3 Å². The summed E-state index contributed by atoms with van der Waals surface area (Å²) in [6, 6.07) is 4.03. The van der Waals surface area contributed by atoms with Crippen molar-refractivity contribution in [2.24, 2.45) is 0 Å². The number of ether oxygens (including phenoxy) is 2. The summed E-state index contributed by atoms with van der Waals surface area (Å²) in [6.45, 7) is 2.60. The van der Waals surface area contributed by atoms with Crippen molar-refractivity contribution < 1.29 is 22.6 Å². The molecule has 0 saturated carbocycles. The van der Waals surface area contributed by atoms with Crippen LogP contribution in [0, 0.1) is 3.57 Å². The van der Waals surface area contributed by atoms with Crippen LogP contribution in [0.2, 0.25) is 0 Å². The van der Waals surface area contributed by atoms with Crippen molar-refractivity contribution in [1.29, 1.82) is 0 Å². The van der Waals surface area contributed by atoms with E-state index in [1.807, 2.05) is 29.5 Å². The molecule has 96 valence electrons. The lowest BCUT2D eigenvalue weighted by Gasteiger charge is -2.11. The second-order valence-corrected chi connectivity index (χ2v) is 4.50. The summed E-state index contributed by atoms with van der Waals surface area (Å²) in [6.07, 6.45) is -2.74. The summed E-state index contributed by atoms with van der Waals surface area (Å²) in [7, 11) is 0. The molecule has 0 aliphatic carbocycles. The van der Waals surface area contributed by atoms with Crippen LogP contribution in [0.25, 0.3) is 0 Å². The number of alkyl halides is 3. The molecule has 0 radical (unpaired) electrons. The fourth-order valence-electron chi connectivity index (χ4n) is 1.12. The SMILES string of the molecule is CCCCOc1ccc(OC(F)(F)F)cc1I. The van der Waals surface area contributed by atoms with Gasteiger partial charge >= 0.3 is 6.36 Å². The zero-order valence-electron chi connectivity index (χ0n) is 9.18. The van der Waals surface area contributed by atoms with Crippen LogP contribution in [0.4, 0.5) is 13.2 Å². The van der Waals surface area contributed by atoms with Crippen LogP contribution in [-0.2, 0) is 0 Å². The third-order valence-corrected chi connectivity index (χ3v) is 2.74. The third kappa shape index (κ3) is 5.47. The van der Waals surface area contributed by atoms with Gasteiger partial charge < -0.3 is 9.47 Å². The van der Waals surface area contributed by atoms with E-state index in [9.17, 15) is 13.2 Å². The van der Waals surface area contributed by atoms with E-state index in [1.165, 1.54) is 18.2 Å². The Labute approximate surface area is 111 Å². The first kappa shape index (κ1) is 14.4. The average molecular weight is 360 g/mol. The molecule has 0 N–H and O–H groups in total. The van der Waals surface area contributed by atoms with Gasteiger partial charge in [0.1, 0.15) is 11.5 Å². The maximum Gasteiger partial charge on any atom is 0.573 e. The largest absolute Gasteiger partial charge is 0.573 e. The first-order valence-electron chi connectivity index (χ1n) is 5.10. The van der Waals surface area contributed by atoms with E-state index in [0.717, 1.165) is 12.8 Å². The van der Waals surface area contributed by atoms with E-state index in [0.29, 0.717) is 15.9 Å². The van der Waals surface area contributed by atoms with Gasteiger partial charge in [0.2, 0.25) is 0 Å². The van der Waals surface area contributed by atoms with Crippen molar-refractivity contribution in [2.75, 3.05) is 6.61 Å². The van der Waals surface area contributed by atoms with Crippen LogP contribution in [0.3, 0.4) is 0 Å². The Morgan fingerprint density at radius 1 is 1.29 bits per heavy atom. The lowest BCUT2D eigenvalue weighted by Crippen LogP contribution is -2.17. The minimum Gasteiger partial charge on any atom is -0.492 e. The summed E-state index contributed by atoms with van der Waals surface area (Å²) in [5.41, 5.74) is 0. The molecule has 0 heterocycles. The maximum atomic E-state index is 12.0. The van der Waals surface area contributed by atoms with Crippen molar-refractivity contribution in [2.45, 2.75) is 26.1 Å². The van der Waals surface area contributed by atoms with E-state index in [2.05, 4.69) is 4.74 Å². The predicted octanol–water partition coefficient (Wildman–Crippen LogP) is 4.37. The molecule has 0 aliphatic heterocycles.